The molecule has 2 aromatic rings. The molecule has 33 heavy (non-hydrogen) atoms. The quantitative estimate of drug-likeness (QED) is 0.456. The Labute approximate surface area is 198 Å². The Morgan fingerprint density at radius 1 is 0.970 bits per heavy atom. The summed E-state index contributed by atoms with van der Waals surface area (Å²) in [4.78, 5) is 41.5. The number of thioether (sulfide) groups is 1. The molecule has 1 fully saturated rings. The number of nitrogens with one attached hydrogen (secondary N) is 1. The fourth-order valence-electron chi connectivity index (χ4n) is 4.05. The number of benzene rings is 2. The molecule has 0 radical (unpaired) electrons. The second-order valence-corrected chi connectivity index (χ2v) is 9.63. The van der Waals surface area contributed by atoms with Crippen molar-refractivity contribution >= 4 is 35.2 Å². The number of carbonyl (C=O) groups excluding carboxylic acids is 3. The molecule has 1 aliphatic carbocycles. The summed E-state index contributed by atoms with van der Waals surface area (Å²) in [5.74, 6) is -1.15. The molecule has 1 saturated carbocycles. The third-order valence-corrected chi connectivity index (χ3v) is 6.75. The fraction of sp³-hybridized carbons (Fsp3) is 0.346. The van der Waals surface area contributed by atoms with Crippen LogP contribution in [0.4, 0.5) is 5.69 Å². The number of hydrogen-bond donors (Lipinski definition) is 1. The molecule has 1 N–H and O–H groups in total. The van der Waals surface area contributed by atoms with E-state index >= 15 is 0 Å². The standard InChI is InChI=1S/C26H28N2O4S/c1-17(2)32-26(31)18-13-15-20(16-14-18)28-24(29)22(27-19-9-5-3-6-10-19)23(25(28)30)33-21-11-7-4-8-12-21/h4,7-8,11-17,19,27H,3,5-6,9-10H2,1-2H3. The Morgan fingerprint density at radius 2 is 1.64 bits per heavy atom. The number of nitrogens with zero attached hydrogens (tertiary/aromatic N) is 1. The van der Waals surface area contributed by atoms with E-state index in [9.17, 15) is 14.4 Å². The monoisotopic (exact) mass is 464 g/mol. The third kappa shape index (κ3) is 5.30. The van der Waals surface area contributed by atoms with Gasteiger partial charge in [0.15, 0.2) is 0 Å². The van der Waals surface area contributed by atoms with Crippen LogP contribution in [-0.4, -0.2) is 29.9 Å². The summed E-state index contributed by atoms with van der Waals surface area (Å²) in [5, 5.41) is 3.39. The highest BCUT2D eigenvalue weighted by Gasteiger charge is 2.41. The van der Waals surface area contributed by atoms with E-state index in [2.05, 4.69) is 5.32 Å². The molecule has 0 unspecified atom stereocenters. The SMILES string of the molecule is CC(C)OC(=O)c1ccc(N2C(=O)C(NC3CCCCC3)=C(Sc3ccccc3)C2=O)cc1. The zero-order valence-corrected chi connectivity index (χ0v) is 19.7. The zero-order chi connectivity index (χ0) is 23.4. The molecule has 0 aromatic heterocycles. The van der Waals surface area contributed by atoms with E-state index < -0.39 is 5.97 Å². The van der Waals surface area contributed by atoms with Crippen LogP contribution in [0.1, 0.15) is 56.3 Å². The Kier molecular flexibility index (Phi) is 7.18. The van der Waals surface area contributed by atoms with Crippen LogP contribution in [0.25, 0.3) is 0 Å². The number of imide groups is 1. The van der Waals surface area contributed by atoms with Crippen LogP contribution >= 0.6 is 11.8 Å². The minimum absolute atomic E-state index is 0.185. The average molecular weight is 465 g/mol. The number of ether oxygens (including phenoxy) is 1. The van der Waals surface area contributed by atoms with Crippen LogP contribution in [0.3, 0.4) is 0 Å². The van der Waals surface area contributed by atoms with Gasteiger partial charge in [-0.05, 0) is 63.1 Å². The molecule has 7 heteroatoms. The lowest BCUT2D eigenvalue weighted by Gasteiger charge is -2.24. The van der Waals surface area contributed by atoms with E-state index in [1.807, 2.05) is 30.3 Å². The van der Waals surface area contributed by atoms with Gasteiger partial charge in [0.05, 0.1) is 17.4 Å². The molecule has 0 spiro atoms. The molecule has 4 rings (SSSR count). The van der Waals surface area contributed by atoms with Crippen LogP contribution in [0.2, 0.25) is 0 Å². The van der Waals surface area contributed by atoms with E-state index in [1.165, 1.54) is 23.1 Å². The first-order valence-electron chi connectivity index (χ1n) is 11.4. The Hall–Kier alpha value is -3.06. The molecule has 6 nitrogen and oxygen atoms in total. The van der Waals surface area contributed by atoms with Crippen LogP contribution in [0, 0.1) is 0 Å². The Balaban J connectivity index is 1.61. The molecular weight excluding hydrogens is 436 g/mol. The zero-order valence-electron chi connectivity index (χ0n) is 18.9. The summed E-state index contributed by atoms with van der Waals surface area (Å²) in [7, 11) is 0. The van der Waals surface area contributed by atoms with Crippen molar-refractivity contribution in [1.29, 1.82) is 0 Å². The van der Waals surface area contributed by atoms with Gasteiger partial charge in [0, 0.05) is 10.9 Å². The van der Waals surface area contributed by atoms with Crippen molar-refractivity contribution in [2.45, 2.75) is 63.0 Å². The van der Waals surface area contributed by atoms with Crippen LogP contribution in [0.15, 0.2) is 70.1 Å². The maximum absolute atomic E-state index is 13.4. The molecule has 172 valence electrons. The first-order valence-corrected chi connectivity index (χ1v) is 12.2. The van der Waals surface area contributed by atoms with Crippen LogP contribution in [-0.2, 0) is 14.3 Å². The number of amides is 2. The van der Waals surface area contributed by atoms with Crippen molar-refractivity contribution in [3.8, 4) is 0 Å². The number of hydrogen-bond acceptors (Lipinski definition) is 6. The minimum Gasteiger partial charge on any atom is -0.459 e. The summed E-state index contributed by atoms with van der Waals surface area (Å²) in [6.07, 6.45) is 5.18. The van der Waals surface area contributed by atoms with Gasteiger partial charge in [-0.3, -0.25) is 9.59 Å². The molecule has 2 aromatic carbocycles. The van der Waals surface area contributed by atoms with Gasteiger partial charge in [-0.15, -0.1) is 0 Å². The molecule has 1 heterocycles. The van der Waals surface area contributed by atoms with Crippen molar-refractivity contribution < 1.29 is 19.1 Å². The highest BCUT2D eigenvalue weighted by Crippen LogP contribution is 2.37. The third-order valence-electron chi connectivity index (χ3n) is 5.66. The van der Waals surface area contributed by atoms with E-state index in [0.717, 1.165) is 30.6 Å². The molecule has 2 amide bonds. The van der Waals surface area contributed by atoms with Gasteiger partial charge in [0.2, 0.25) is 0 Å². The van der Waals surface area contributed by atoms with Gasteiger partial charge in [0.25, 0.3) is 11.8 Å². The highest BCUT2D eigenvalue weighted by atomic mass is 32.2. The summed E-state index contributed by atoms with van der Waals surface area (Å²) in [5.41, 5.74) is 1.17. The van der Waals surface area contributed by atoms with Crippen LogP contribution in [0.5, 0.6) is 0 Å². The lowest BCUT2D eigenvalue weighted by atomic mass is 9.95. The fourth-order valence-corrected chi connectivity index (χ4v) is 5.01. The Morgan fingerprint density at radius 3 is 2.27 bits per heavy atom. The van der Waals surface area contributed by atoms with Crippen molar-refractivity contribution in [2.75, 3.05) is 4.90 Å². The molecule has 1 aliphatic heterocycles. The van der Waals surface area contributed by atoms with E-state index in [4.69, 9.17) is 4.74 Å². The molecule has 0 saturated heterocycles. The maximum Gasteiger partial charge on any atom is 0.338 e. The summed E-state index contributed by atoms with van der Waals surface area (Å²) in [6, 6.07) is 16.1. The largest absolute Gasteiger partial charge is 0.459 e. The smallest absolute Gasteiger partial charge is 0.338 e. The van der Waals surface area contributed by atoms with Crippen LogP contribution < -0.4 is 10.2 Å². The molecular formula is C26H28N2O4S. The van der Waals surface area contributed by atoms with Gasteiger partial charge >= 0.3 is 5.97 Å². The number of anilines is 1. The van der Waals surface area contributed by atoms with E-state index in [1.54, 1.807) is 38.1 Å². The number of esters is 1. The summed E-state index contributed by atoms with van der Waals surface area (Å²) in [6.45, 7) is 3.57. The first-order chi connectivity index (χ1) is 15.9. The topological polar surface area (TPSA) is 75.7 Å². The van der Waals surface area contributed by atoms with Gasteiger partial charge < -0.3 is 10.1 Å². The molecule has 0 atom stereocenters. The number of rotatable bonds is 7. The second kappa shape index (κ2) is 10.3. The van der Waals surface area contributed by atoms with Crippen molar-refractivity contribution in [1.82, 2.24) is 5.32 Å². The normalized spacial score (nSPS) is 17.1. The van der Waals surface area contributed by atoms with Gasteiger partial charge in [-0.25, -0.2) is 9.69 Å². The van der Waals surface area contributed by atoms with E-state index in [0.29, 0.717) is 21.9 Å². The number of carbonyl (C=O) groups is 3. The van der Waals surface area contributed by atoms with Crippen molar-refractivity contribution in [2.24, 2.45) is 0 Å². The molecule has 0 bridgehead atoms. The lowest BCUT2D eigenvalue weighted by Crippen LogP contribution is -2.37. The van der Waals surface area contributed by atoms with Gasteiger partial charge in [-0.2, -0.15) is 0 Å². The lowest BCUT2D eigenvalue weighted by molar-refractivity contribution is -0.120. The molecule has 2 aliphatic rings. The average Bonchev–Trinajstić information content (AvgIpc) is 3.04. The summed E-state index contributed by atoms with van der Waals surface area (Å²) < 4.78 is 5.22. The summed E-state index contributed by atoms with van der Waals surface area (Å²) >= 11 is 1.30. The Bertz CT molecular complexity index is 1060. The van der Waals surface area contributed by atoms with Gasteiger partial charge in [0.1, 0.15) is 10.6 Å². The van der Waals surface area contributed by atoms with Crippen molar-refractivity contribution in [3.63, 3.8) is 0 Å². The highest BCUT2D eigenvalue weighted by molar-refractivity contribution is 8.04. The predicted molar refractivity (Wildman–Crippen MR) is 129 cm³/mol. The maximum atomic E-state index is 13.4. The van der Waals surface area contributed by atoms with Gasteiger partial charge in [-0.1, -0.05) is 49.2 Å². The second-order valence-electron chi connectivity index (χ2n) is 8.55. The van der Waals surface area contributed by atoms with E-state index in [-0.39, 0.29) is 24.0 Å². The van der Waals surface area contributed by atoms with Crippen molar-refractivity contribution in [3.05, 3.63) is 70.8 Å². The minimum atomic E-state index is -0.436. The predicted octanol–water partition coefficient (Wildman–Crippen LogP) is 5.05. The first kappa shape index (κ1) is 23.1.